The minimum atomic E-state index is -0.269. The first-order valence-electron chi connectivity index (χ1n) is 13.6. The topological polar surface area (TPSA) is 12.0 Å². The van der Waals surface area contributed by atoms with Gasteiger partial charge in [0, 0.05) is 43.4 Å². The minimum Gasteiger partial charge on any atom is -0.355 e. The Morgan fingerprint density at radius 3 is 2.00 bits per heavy atom. The molecule has 2 unspecified atom stereocenters. The monoisotopic (exact) mass is 517 g/mol. The molecule has 0 saturated carbocycles. The van der Waals surface area contributed by atoms with E-state index in [0.717, 1.165) is 11.4 Å². The number of anilines is 2. The highest BCUT2D eigenvalue weighted by molar-refractivity contribution is 7.25. The Labute approximate surface area is 232 Å². The fourth-order valence-electron chi connectivity index (χ4n) is 7.00. The van der Waals surface area contributed by atoms with Crippen LogP contribution in [0.15, 0.2) is 146 Å². The van der Waals surface area contributed by atoms with Crippen LogP contribution in [0.3, 0.4) is 0 Å². The standard InChI is InChI=1S/C37H27NS/c1-3-11-25(12-4-1)37(26-13-5-2-6-14-26)33-17-9-7-15-29(33)30-21-19-28(24-34(30)37)38-27-20-22-36-32(23-27)31-16-8-10-18-35(31)39-36/h1-24,29,33,38H. The predicted octanol–water partition coefficient (Wildman–Crippen LogP) is 9.97. The molecule has 0 radical (unpaired) electrons. The lowest BCUT2D eigenvalue weighted by atomic mass is 9.63. The van der Waals surface area contributed by atoms with Crippen molar-refractivity contribution < 1.29 is 0 Å². The van der Waals surface area contributed by atoms with Gasteiger partial charge in [-0.25, -0.2) is 0 Å². The van der Waals surface area contributed by atoms with E-state index in [1.54, 1.807) is 0 Å². The van der Waals surface area contributed by atoms with Crippen molar-refractivity contribution in [2.75, 3.05) is 5.32 Å². The summed E-state index contributed by atoms with van der Waals surface area (Å²) in [6, 6.07) is 44.6. The van der Waals surface area contributed by atoms with Gasteiger partial charge in [-0.05, 0) is 58.7 Å². The summed E-state index contributed by atoms with van der Waals surface area (Å²) in [6.45, 7) is 0. The lowest BCUT2D eigenvalue weighted by molar-refractivity contribution is 0.457. The first-order chi connectivity index (χ1) is 19.3. The lowest BCUT2D eigenvalue weighted by Gasteiger charge is -2.39. The molecule has 5 aromatic carbocycles. The van der Waals surface area contributed by atoms with Gasteiger partial charge in [0.15, 0.2) is 0 Å². The number of allylic oxidation sites excluding steroid dienone is 4. The number of hydrogen-bond donors (Lipinski definition) is 1. The average molecular weight is 518 g/mol. The van der Waals surface area contributed by atoms with Crippen molar-refractivity contribution in [3.63, 3.8) is 0 Å². The van der Waals surface area contributed by atoms with Gasteiger partial charge in [-0.1, -0.05) is 109 Å². The van der Waals surface area contributed by atoms with Gasteiger partial charge in [0.2, 0.25) is 0 Å². The fraction of sp³-hybridized carbons (Fsp3) is 0.0811. The van der Waals surface area contributed by atoms with E-state index in [1.165, 1.54) is 42.4 Å². The zero-order valence-electron chi connectivity index (χ0n) is 21.4. The molecule has 0 aliphatic heterocycles. The van der Waals surface area contributed by atoms with E-state index < -0.39 is 0 Å². The van der Waals surface area contributed by atoms with Crippen LogP contribution in [0.1, 0.15) is 28.2 Å². The summed E-state index contributed by atoms with van der Waals surface area (Å²) in [4.78, 5) is 0. The molecule has 2 aliphatic rings. The summed E-state index contributed by atoms with van der Waals surface area (Å²) in [5, 5.41) is 6.41. The molecule has 6 aromatic rings. The van der Waals surface area contributed by atoms with Crippen molar-refractivity contribution in [1.29, 1.82) is 0 Å². The molecule has 1 N–H and O–H groups in total. The number of fused-ring (bicyclic) bond motifs is 6. The Morgan fingerprint density at radius 1 is 0.564 bits per heavy atom. The normalized spacial score (nSPS) is 18.8. The molecule has 2 heteroatoms. The first-order valence-corrected chi connectivity index (χ1v) is 14.4. The van der Waals surface area contributed by atoms with Crippen LogP contribution in [0, 0.1) is 5.92 Å². The molecule has 0 saturated heterocycles. The first kappa shape index (κ1) is 22.6. The van der Waals surface area contributed by atoms with Crippen molar-refractivity contribution in [3.8, 4) is 0 Å². The maximum absolute atomic E-state index is 3.77. The highest BCUT2D eigenvalue weighted by Crippen LogP contribution is 2.59. The second-order valence-electron chi connectivity index (χ2n) is 10.6. The van der Waals surface area contributed by atoms with Gasteiger partial charge in [0.05, 0.1) is 5.41 Å². The van der Waals surface area contributed by atoms with Gasteiger partial charge >= 0.3 is 0 Å². The Bertz CT molecular complexity index is 1860. The van der Waals surface area contributed by atoms with Gasteiger partial charge in [0.1, 0.15) is 0 Å². The number of nitrogens with one attached hydrogen (secondary N) is 1. The summed E-state index contributed by atoms with van der Waals surface area (Å²) < 4.78 is 2.66. The van der Waals surface area contributed by atoms with E-state index in [4.69, 9.17) is 0 Å². The SMILES string of the molecule is C1=CC2c3ccc(Nc4ccc5sc6ccccc6c5c4)cc3C(c3ccccc3)(c3ccccc3)C2C=C1. The summed E-state index contributed by atoms with van der Waals surface area (Å²) in [6.07, 6.45) is 9.25. The number of benzene rings is 5. The molecule has 0 amide bonds. The lowest BCUT2D eigenvalue weighted by Crippen LogP contribution is -2.35. The van der Waals surface area contributed by atoms with Crippen LogP contribution in [0.2, 0.25) is 0 Å². The molecule has 39 heavy (non-hydrogen) atoms. The van der Waals surface area contributed by atoms with Crippen LogP contribution in [0.25, 0.3) is 20.2 Å². The highest BCUT2D eigenvalue weighted by Gasteiger charge is 2.52. The van der Waals surface area contributed by atoms with Crippen LogP contribution in [0.5, 0.6) is 0 Å². The van der Waals surface area contributed by atoms with E-state index >= 15 is 0 Å². The maximum atomic E-state index is 3.77. The van der Waals surface area contributed by atoms with Gasteiger partial charge in [-0.3, -0.25) is 0 Å². The maximum Gasteiger partial charge on any atom is 0.0526 e. The summed E-state index contributed by atoms with van der Waals surface area (Å²) in [5.74, 6) is 0.652. The average Bonchev–Trinajstić information content (AvgIpc) is 3.51. The third kappa shape index (κ3) is 3.38. The molecule has 2 aliphatic carbocycles. The second kappa shape index (κ2) is 8.83. The minimum absolute atomic E-state index is 0.269. The predicted molar refractivity (Wildman–Crippen MR) is 166 cm³/mol. The Kier molecular flexibility index (Phi) is 5.11. The van der Waals surface area contributed by atoms with Gasteiger partial charge in [-0.2, -0.15) is 0 Å². The molecular weight excluding hydrogens is 490 g/mol. The second-order valence-corrected chi connectivity index (χ2v) is 11.7. The molecule has 1 heterocycles. The zero-order chi connectivity index (χ0) is 25.8. The number of hydrogen-bond acceptors (Lipinski definition) is 2. The number of thiophene rings is 1. The Balaban J connectivity index is 1.31. The van der Waals surface area contributed by atoms with Crippen molar-refractivity contribution in [3.05, 3.63) is 168 Å². The van der Waals surface area contributed by atoms with Crippen molar-refractivity contribution in [1.82, 2.24) is 0 Å². The number of rotatable bonds is 4. The Morgan fingerprint density at radius 2 is 1.21 bits per heavy atom. The Hall–Kier alpha value is -4.40. The van der Waals surface area contributed by atoms with Gasteiger partial charge in [-0.15, -0.1) is 11.3 Å². The largest absolute Gasteiger partial charge is 0.355 e. The summed E-state index contributed by atoms with van der Waals surface area (Å²) >= 11 is 1.86. The summed E-state index contributed by atoms with van der Waals surface area (Å²) in [5.41, 5.74) is 7.45. The quantitative estimate of drug-likeness (QED) is 0.245. The molecule has 1 aromatic heterocycles. The highest BCUT2D eigenvalue weighted by atomic mass is 32.1. The van der Waals surface area contributed by atoms with E-state index in [9.17, 15) is 0 Å². The van der Waals surface area contributed by atoms with E-state index in [-0.39, 0.29) is 5.41 Å². The van der Waals surface area contributed by atoms with Gasteiger partial charge in [0.25, 0.3) is 0 Å². The van der Waals surface area contributed by atoms with Crippen LogP contribution in [-0.2, 0) is 5.41 Å². The van der Waals surface area contributed by atoms with Crippen molar-refractivity contribution >= 4 is 42.9 Å². The smallest absolute Gasteiger partial charge is 0.0526 e. The molecule has 186 valence electrons. The van der Waals surface area contributed by atoms with Crippen LogP contribution in [-0.4, -0.2) is 0 Å². The van der Waals surface area contributed by atoms with E-state index in [0.29, 0.717) is 11.8 Å². The fourth-order valence-corrected chi connectivity index (χ4v) is 8.09. The molecule has 8 rings (SSSR count). The molecular formula is C37H27NS. The van der Waals surface area contributed by atoms with Crippen LogP contribution >= 0.6 is 11.3 Å². The van der Waals surface area contributed by atoms with Crippen molar-refractivity contribution in [2.45, 2.75) is 11.3 Å². The van der Waals surface area contributed by atoms with Crippen LogP contribution in [0.4, 0.5) is 11.4 Å². The van der Waals surface area contributed by atoms with Crippen LogP contribution < -0.4 is 5.32 Å². The van der Waals surface area contributed by atoms with E-state index in [2.05, 4.69) is 151 Å². The molecule has 0 bridgehead atoms. The van der Waals surface area contributed by atoms with Gasteiger partial charge < -0.3 is 5.32 Å². The summed E-state index contributed by atoms with van der Waals surface area (Å²) in [7, 11) is 0. The molecule has 1 nitrogen and oxygen atoms in total. The molecule has 2 atom stereocenters. The molecule has 0 spiro atoms. The van der Waals surface area contributed by atoms with Crippen molar-refractivity contribution in [2.24, 2.45) is 5.92 Å². The van der Waals surface area contributed by atoms with E-state index in [1.807, 2.05) is 11.3 Å². The zero-order valence-corrected chi connectivity index (χ0v) is 22.2. The third-order valence-corrected chi connectivity index (χ3v) is 9.75. The third-order valence-electron chi connectivity index (χ3n) is 8.60. The molecule has 0 fully saturated rings.